The summed E-state index contributed by atoms with van der Waals surface area (Å²) in [6.07, 6.45) is 6.42. The Morgan fingerprint density at radius 2 is 1.86 bits per heavy atom. The smallest absolute Gasteiger partial charge is 0.262 e. The van der Waals surface area contributed by atoms with E-state index in [2.05, 4.69) is 15.3 Å². The summed E-state index contributed by atoms with van der Waals surface area (Å²) < 4.78 is 42.6. The second kappa shape index (κ2) is 8.02. The molecule has 7 nitrogen and oxygen atoms in total. The molecule has 9 heteroatoms. The number of aryl methyl sites for hydroxylation is 1. The molecule has 0 bridgehead atoms. The third kappa shape index (κ3) is 4.21. The van der Waals surface area contributed by atoms with E-state index in [-0.39, 0.29) is 22.8 Å². The van der Waals surface area contributed by atoms with Crippen molar-refractivity contribution in [2.24, 2.45) is 7.05 Å². The molecule has 152 valence electrons. The van der Waals surface area contributed by atoms with Gasteiger partial charge < -0.3 is 9.88 Å². The van der Waals surface area contributed by atoms with Crippen LogP contribution >= 0.6 is 0 Å². The Morgan fingerprint density at radius 1 is 1.14 bits per heavy atom. The number of hydrogen-bond donors (Lipinski definition) is 1. The Morgan fingerprint density at radius 3 is 2.52 bits per heavy atom. The van der Waals surface area contributed by atoms with E-state index >= 15 is 0 Å². The van der Waals surface area contributed by atoms with Gasteiger partial charge in [-0.1, -0.05) is 12.1 Å². The maximum Gasteiger partial charge on any atom is 0.262 e. The molecule has 2 atom stereocenters. The van der Waals surface area contributed by atoms with Crippen molar-refractivity contribution in [3.8, 4) is 0 Å². The molecule has 29 heavy (non-hydrogen) atoms. The molecule has 0 amide bonds. The van der Waals surface area contributed by atoms with Crippen LogP contribution in [0.1, 0.15) is 17.0 Å². The van der Waals surface area contributed by atoms with E-state index < -0.39 is 10.0 Å². The van der Waals surface area contributed by atoms with Crippen LogP contribution in [0.25, 0.3) is 0 Å². The van der Waals surface area contributed by atoms with Gasteiger partial charge in [0.25, 0.3) is 10.0 Å². The number of hydrogen-bond acceptors (Lipinski definition) is 5. The molecule has 1 fully saturated rings. The average Bonchev–Trinajstić information content (AvgIpc) is 3.35. The molecular formula is C20H22FN5O2S. The van der Waals surface area contributed by atoms with Gasteiger partial charge in [-0.15, -0.1) is 0 Å². The van der Waals surface area contributed by atoms with Crippen LogP contribution < -0.4 is 5.32 Å². The van der Waals surface area contributed by atoms with Gasteiger partial charge in [0.1, 0.15) is 5.82 Å². The first-order valence-corrected chi connectivity index (χ1v) is 10.7. The lowest BCUT2D eigenvalue weighted by Crippen LogP contribution is -2.36. The van der Waals surface area contributed by atoms with Gasteiger partial charge >= 0.3 is 0 Å². The van der Waals surface area contributed by atoms with Crippen molar-refractivity contribution in [3.05, 3.63) is 78.3 Å². The van der Waals surface area contributed by atoms with Crippen LogP contribution in [0, 0.1) is 5.82 Å². The molecule has 3 aromatic rings. The first-order chi connectivity index (χ1) is 13.9. The highest BCUT2D eigenvalue weighted by molar-refractivity contribution is 7.89. The highest BCUT2D eigenvalue weighted by Gasteiger charge is 2.40. The summed E-state index contributed by atoms with van der Waals surface area (Å²) in [5, 5.41) is 3.50. The molecule has 0 aliphatic carbocycles. The Balaban J connectivity index is 1.59. The molecule has 3 heterocycles. The SMILES string of the molecule is Cn1cnc(S(=O)(=O)N2C[C@@H](NCc3ccncc3)[C@H](c3ccc(F)cc3)C2)c1. The highest BCUT2D eigenvalue weighted by Crippen LogP contribution is 2.31. The van der Waals surface area contributed by atoms with Crippen LogP contribution in [0.3, 0.4) is 0 Å². The van der Waals surface area contributed by atoms with Crippen molar-refractivity contribution in [1.29, 1.82) is 0 Å². The highest BCUT2D eigenvalue weighted by atomic mass is 32.2. The molecule has 0 saturated carbocycles. The van der Waals surface area contributed by atoms with E-state index in [4.69, 9.17) is 0 Å². The van der Waals surface area contributed by atoms with Crippen molar-refractivity contribution >= 4 is 10.0 Å². The number of aromatic nitrogens is 3. The summed E-state index contributed by atoms with van der Waals surface area (Å²) in [6, 6.07) is 9.97. The summed E-state index contributed by atoms with van der Waals surface area (Å²) in [7, 11) is -1.97. The number of benzene rings is 1. The van der Waals surface area contributed by atoms with Crippen LogP contribution in [-0.4, -0.2) is 46.4 Å². The minimum absolute atomic E-state index is 0.0349. The van der Waals surface area contributed by atoms with Crippen molar-refractivity contribution in [2.75, 3.05) is 13.1 Å². The number of imidazole rings is 1. The predicted molar refractivity (Wildman–Crippen MR) is 106 cm³/mol. The van der Waals surface area contributed by atoms with Gasteiger partial charge in [-0.25, -0.2) is 17.8 Å². The van der Waals surface area contributed by atoms with Gasteiger partial charge in [0.15, 0.2) is 5.03 Å². The summed E-state index contributed by atoms with van der Waals surface area (Å²) in [5.74, 6) is -0.415. The van der Waals surface area contributed by atoms with Gasteiger partial charge in [-0.2, -0.15) is 4.31 Å². The van der Waals surface area contributed by atoms with Crippen molar-refractivity contribution in [2.45, 2.75) is 23.5 Å². The number of nitrogens with one attached hydrogen (secondary N) is 1. The molecule has 1 aromatic carbocycles. The molecular weight excluding hydrogens is 393 g/mol. The lowest BCUT2D eigenvalue weighted by Gasteiger charge is -2.20. The van der Waals surface area contributed by atoms with Crippen LogP contribution in [0.5, 0.6) is 0 Å². The quantitative estimate of drug-likeness (QED) is 0.665. The number of rotatable bonds is 6. The van der Waals surface area contributed by atoms with E-state index in [1.807, 2.05) is 12.1 Å². The second-order valence-electron chi connectivity index (χ2n) is 7.20. The standard InChI is InChI=1S/C20H22FN5O2S/c1-25-13-20(24-14-25)29(27,28)26-11-18(16-2-4-17(21)5-3-16)19(12-26)23-10-15-6-8-22-9-7-15/h2-9,13-14,18-19,23H,10-12H2,1H3/t18-,19+/m0/s1. The minimum atomic E-state index is -3.71. The number of sulfonamides is 1. The monoisotopic (exact) mass is 415 g/mol. The lowest BCUT2D eigenvalue weighted by molar-refractivity contribution is 0.454. The third-order valence-electron chi connectivity index (χ3n) is 5.19. The van der Waals surface area contributed by atoms with Gasteiger partial charge in [-0.05, 0) is 35.4 Å². The van der Waals surface area contributed by atoms with E-state index in [0.717, 1.165) is 11.1 Å². The van der Waals surface area contributed by atoms with E-state index in [1.165, 1.54) is 29.0 Å². The number of nitrogens with zero attached hydrogens (tertiary/aromatic N) is 4. The van der Waals surface area contributed by atoms with E-state index in [9.17, 15) is 12.8 Å². The summed E-state index contributed by atoms with van der Waals surface area (Å²) in [6.45, 7) is 1.20. The first kappa shape index (κ1) is 19.7. The topological polar surface area (TPSA) is 80.1 Å². The normalized spacial score (nSPS) is 20.2. The second-order valence-corrected chi connectivity index (χ2v) is 9.09. The number of halogens is 1. The minimum Gasteiger partial charge on any atom is -0.339 e. The molecule has 0 unspecified atom stereocenters. The van der Waals surface area contributed by atoms with Crippen molar-refractivity contribution < 1.29 is 12.8 Å². The average molecular weight is 415 g/mol. The molecule has 1 saturated heterocycles. The zero-order valence-corrected chi connectivity index (χ0v) is 16.8. The zero-order valence-electron chi connectivity index (χ0n) is 15.9. The molecule has 2 aromatic heterocycles. The molecule has 0 spiro atoms. The van der Waals surface area contributed by atoms with Gasteiger partial charge in [0.05, 0.1) is 6.33 Å². The molecule has 1 aliphatic rings. The fourth-order valence-corrected chi connectivity index (χ4v) is 5.08. The summed E-state index contributed by atoms with van der Waals surface area (Å²) in [5.41, 5.74) is 1.96. The summed E-state index contributed by atoms with van der Waals surface area (Å²) in [4.78, 5) is 8.03. The zero-order chi connectivity index (χ0) is 20.4. The van der Waals surface area contributed by atoms with Crippen LogP contribution in [0.4, 0.5) is 4.39 Å². The van der Waals surface area contributed by atoms with Gasteiger partial charge in [-0.3, -0.25) is 4.98 Å². The molecule has 4 rings (SSSR count). The maximum absolute atomic E-state index is 13.4. The Labute approximate surface area is 169 Å². The molecule has 1 N–H and O–H groups in total. The molecule has 0 radical (unpaired) electrons. The number of pyridine rings is 1. The Bertz CT molecular complexity index is 1070. The maximum atomic E-state index is 13.4. The predicted octanol–water partition coefficient (Wildman–Crippen LogP) is 1.90. The molecule has 1 aliphatic heterocycles. The summed E-state index contributed by atoms with van der Waals surface area (Å²) >= 11 is 0. The van der Waals surface area contributed by atoms with Gasteiger partial charge in [0, 0.05) is 57.2 Å². The fraction of sp³-hybridized carbons (Fsp3) is 0.300. The Kier molecular flexibility index (Phi) is 5.44. The Hall–Kier alpha value is -2.62. The van der Waals surface area contributed by atoms with Crippen LogP contribution in [0.15, 0.2) is 66.3 Å². The van der Waals surface area contributed by atoms with Crippen molar-refractivity contribution in [3.63, 3.8) is 0 Å². The first-order valence-electron chi connectivity index (χ1n) is 9.29. The van der Waals surface area contributed by atoms with Crippen molar-refractivity contribution in [1.82, 2.24) is 24.2 Å². The van der Waals surface area contributed by atoms with Crippen LogP contribution in [0.2, 0.25) is 0 Å². The van der Waals surface area contributed by atoms with Gasteiger partial charge in [0.2, 0.25) is 0 Å². The lowest BCUT2D eigenvalue weighted by atomic mass is 9.94. The van der Waals surface area contributed by atoms with E-state index in [0.29, 0.717) is 19.6 Å². The van der Waals surface area contributed by atoms with Crippen LogP contribution in [-0.2, 0) is 23.6 Å². The largest absolute Gasteiger partial charge is 0.339 e. The fourth-order valence-electron chi connectivity index (χ4n) is 3.62. The third-order valence-corrected chi connectivity index (χ3v) is 6.91. The van der Waals surface area contributed by atoms with E-state index in [1.54, 1.807) is 36.1 Å².